The van der Waals surface area contributed by atoms with Crippen molar-refractivity contribution in [2.24, 2.45) is 0 Å². The molecule has 1 aromatic heterocycles. The molecule has 0 aliphatic rings. The number of amides is 1. The van der Waals surface area contributed by atoms with Crippen LogP contribution in [0.4, 0.5) is 14.5 Å². The van der Waals surface area contributed by atoms with E-state index in [0.717, 1.165) is 11.8 Å². The van der Waals surface area contributed by atoms with E-state index in [2.05, 4.69) is 22.1 Å². The predicted molar refractivity (Wildman–Crippen MR) is 112 cm³/mol. The number of carbonyl (C=O) groups is 1. The fraction of sp³-hybridized carbons (Fsp3) is 0.150. The summed E-state index contributed by atoms with van der Waals surface area (Å²) in [6.07, 6.45) is 1.64. The van der Waals surface area contributed by atoms with Crippen LogP contribution >= 0.6 is 23.4 Å². The van der Waals surface area contributed by atoms with E-state index in [1.807, 2.05) is 0 Å². The van der Waals surface area contributed by atoms with Crippen LogP contribution in [-0.4, -0.2) is 26.4 Å². The number of hydrogen-bond acceptors (Lipinski definition) is 5. The van der Waals surface area contributed by atoms with E-state index in [1.54, 1.807) is 22.8 Å². The summed E-state index contributed by atoms with van der Waals surface area (Å²) in [5, 5.41) is 11.3. The number of nitrogens with one attached hydrogen (secondary N) is 1. The zero-order valence-electron chi connectivity index (χ0n) is 15.6. The molecule has 0 aliphatic heterocycles. The summed E-state index contributed by atoms with van der Waals surface area (Å²) in [5.41, 5.74) is -0.000338. The molecule has 0 atom stereocenters. The van der Waals surface area contributed by atoms with Crippen LogP contribution < -0.4 is 10.1 Å². The van der Waals surface area contributed by atoms with E-state index in [4.69, 9.17) is 16.3 Å². The molecular weight excluding hydrogens is 434 g/mol. The van der Waals surface area contributed by atoms with E-state index < -0.39 is 17.5 Å². The normalized spacial score (nSPS) is 10.6. The average Bonchev–Trinajstić information content (AvgIpc) is 3.10. The number of benzene rings is 2. The van der Waals surface area contributed by atoms with Gasteiger partial charge in [-0.05, 0) is 30.3 Å². The Morgan fingerprint density at radius 2 is 2.03 bits per heavy atom. The van der Waals surface area contributed by atoms with E-state index in [1.165, 1.54) is 30.3 Å². The van der Waals surface area contributed by atoms with Gasteiger partial charge in [0.1, 0.15) is 12.4 Å². The number of thioether (sulfide) groups is 1. The monoisotopic (exact) mass is 450 g/mol. The SMILES string of the molecule is C=CCn1c(COc2ccccc2F)nnc1SCC(=O)Nc1cc(Cl)ccc1F. The van der Waals surface area contributed by atoms with Crippen molar-refractivity contribution in [1.29, 1.82) is 0 Å². The maximum Gasteiger partial charge on any atom is 0.234 e. The number of ether oxygens (including phenoxy) is 1. The molecule has 0 saturated heterocycles. The number of allylic oxidation sites excluding steroid dienone is 1. The fourth-order valence-corrected chi connectivity index (χ4v) is 3.40. The summed E-state index contributed by atoms with van der Waals surface area (Å²) in [5.74, 6) is -0.981. The second kappa shape index (κ2) is 10.2. The van der Waals surface area contributed by atoms with Gasteiger partial charge in [-0.3, -0.25) is 9.36 Å². The second-order valence-electron chi connectivity index (χ2n) is 5.98. The highest BCUT2D eigenvalue weighted by atomic mass is 35.5. The largest absolute Gasteiger partial charge is 0.483 e. The lowest BCUT2D eigenvalue weighted by Gasteiger charge is -2.10. The molecule has 3 rings (SSSR count). The van der Waals surface area contributed by atoms with Gasteiger partial charge in [0, 0.05) is 11.6 Å². The highest BCUT2D eigenvalue weighted by Gasteiger charge is 2.15. The Hall–Kier alpha value is -2.91. The third-order valence-corrected chi connectivity index (χ3v) is 5.04. The Morgan fingerprint density at radius 1 is 1.23 bits per heavy atom. The number of halogens is 3. The van der Waals surface area contributed by atoms with Crippen LogP contribution in [0.15, 0.2) is 60.3 Å². The molecule has 10 heteroatoms. The van der Waals surface area contributed by atoms with Crippen molar-refractivity contribution < 1.29 is 18.3 Å². The van der Waals surface area contributed by atoms with Crippen LogP contribution in [-0.2, 0) is 17.9 Å². The molecule has 156 valence electrons. The van der Waals surface area contributed by atoms with Gasteiger partial charge in [0.15, 0.2) is 22.5 Å². The Balaban J connectivity index is 1.64. The molecule has 1 amide bonds. The van der Waals surface area contributed by atoms with E-state index in [-0.39, 0.29) is 23.8 Å². The molecule has 2 aromatic carbocycles. The van der Waals surface area contributed by atoms with Gasteiger partial charge in [-0.15, -0.1) is 16.8 Å². The van der Waals surface area contributed by atoms with Crippen LogP contribution in [0, 0.1) is 11.6 Å². The van der Waals surface area contributed by atoms with E-state index >= 15 is 0 Å². The Labute approximate surface area is 180 Å². The van der Waals surface area contributed by atoms with Gasteiger partial charge in [0.25, 0.3) is 0 Å². The van der Waals surface area contributed by atoms with Crippen LogP contribution in [0.25, 0.3) is 0 Å². The maximum atomic E-state index is 13.8. The standard InChI is InChI=1S/C20H17ClF2N4O2S/c1-2-9-27-18(11-29-17-6-4-3-5-15(17)23)25-26-20(27)30-12-19(28)24-16-10-13(21)7-8-14(16)22/h2-8,10H,1,9,11-12H2,(H,24,28). The molecule has 0 fully saturated rings. The first-order valence-electron chi connectivity index (χ1n) is 8.76. The summed E-state index contributed by atoms with van der Waals surface area (Å²) in [6.45, 7) is 4.06. The first-order valence-corrected chi connectivity index (χ1v) is 10.1. The second-order valence-corrected chi connectivity index (χ2v) is 7.36. The molecule has 0 aliphatic carbocycles. The van der Waals surface area contributed by atoms with Crippen molar-refractivity contribution in [2.45, 2.75) is 18.3 Å². The Morgan fingerprint density at radius 3 is 2.80 bits per heavy atom. The van der Waals surface area contributed by atoms with Crippen molar-refractivity contribution in [3.63, 3.8) is 0 Å². The predicted octanol–water partition coefficient (Wildman–Crippen LogP) is 4.71. The number of aromatic nitrogens is 3. The Bertz CT molecular complexity index is 1060. The van der Waals surface area contributed by atoms with Crippen molar-refractivity contribution in [2.75, 3.05) is 11.1 Å². The lowest BCUT2D eigenvalue weighted by atomic mass is 10.3. The van der Waals surface area contributed by atoms with Gasteiger partial charge in [0.2, 0.25) is 5.91 Å². The minimum absolute atomic E-state index is 0.000338. The number of hydrogen-bond donors (Lipinski definition) is 1. The number of rotatable bonds is 9. The molecule has 1 heterocycles. The van der Waals surface area contributed by atoms with Gasteiger partial charge in [-0.2, -0.15) is 0 Å². The molecule has 0 unspecified atom stereocenters. The van der Waals surface area contributed by atoms with E-state index in [9.17, 15) is 13.6 Å². The lowest BCUT2D eigenvalue weighted by Crippen LogP contribution is -2.16. The Kier molecular flexibility index (Phi) is 7.42. The summed E-state index contributed by atoms with van der Waals surface area (Å²) < 4.78 is 34.7. The number of nitrogens with zero attached hydrogens (tertiary/aromatic N) is 3. The minimum atomic E-state index is -0.583. The van der Waals surface area contributed by atoms with Crippen molar-refractivity contribution in [1.82, 2.24) is 14.8 Å². The molecular formula is C20H17ClF2N4O2S. The fourth-order valence-electron chi connectivity index (χ4n) is 2.46. The maximum absolute atomic E-state index is 13.8. The first kappa shape index (κ1) is 21.8. The molecule has 0 saturated carbocycles. The highest BCUT2D eigenvalue weighted by molar-refractivity contribution is 7.99. The van der Waals surface area contributed by atoms with Gasteiger partial charge in [-0.25, -0.2) is 8.78 Å². The molecule has 0 bridgehead atoms. The van der Waals surface area contributed by atoms with Crippen molar-refractivity contribution in [3.05, 3.63) is 77.6 Å². The first-order chi connectivity index (χ1) is 14.5. The summed E-state index contributed by atoms with van der Waals surface area (Å²) in [6, 6.07) is 9.94. The lowest BCUT2D eigenvalue weighted by molar-refractivity contribution is -0.113. The average molecular weight is 451 g/mol. The number of para-hydroxylation sites is 1. The quantitative estimate of drug-likeness (QED) is 0.378. The van der Waals surface area contributed by atoms with Crippen molar-refractivity contribution in [3.8, 4) is 5.75 Å². The number of anilines is 1. The zero-order chi connectivity index (χ0) is 21.5. The molecule has 1 N–H and O–H groups in total. The van der Waals surface area contributed by atoms with Crippen LogP contribution in [0.2, 0.25) is 5.02 Å². The third-order valence-electron chi connectivity index (χ3n) is 3.83. The van der Waals surface area contributed by atoms with Gasteiger partial charge < -0.3 is 10.1 Å². The molecule has 6 nitrogen and oxygen atoms in total. The smallest absolute Gasteiger partial charge is 0.234 e. The van der Waals surface area contributed by atoms with Gasteiger partial charge >= 0.3 is 0 Å². The molecule has 30 heavy (non-hydrogen) atoms. The van der Waals surface area contributed by atoms with Gasteiger partial charge in [-0.1, -0.05) is 41.6 Å². The van der Waals surface area contributed by atoms with Crippen LogP contribution in [0.3, 0.4) is 0 Å². The minimum Gasteiger partial charge on any atom is -0.483 e. The van der Waals surface area contributed by atoms with Crippen LogP contribution in [0.1, 0.15) is 5.82 Å². The zero-order valence-corrected chi connectivity index (χ0v) is 17.2. The number of carbonyl (C=O) groups excluding carboxylic acids is 1. The molecule has 0 spiro atoms. The van der Waals surface area contributed by atoms with Crippen molar-refractivity contribution >= 4 is 35.0 Å². The van der Waals surface area contributed by atoms with Crippen LogP contribution in [0.5, 0.6) is 5.75 Å². The van der Waals surface area contributed by atoms with Gasteiger partial charge in [0.05, 0.1) is 11.4 Å². The highest BCUT2D eigenvalue weighted by Crippen LogP contribution is 2.22. The summed E-state index contributed by atoms with van der Waals surface area (Å²) >= 11 is 6.94. The summed E-state index contributed by atoms with van der Waals surface area (Å²) in [4.78, 5) is 12.2. The topological polar surface area (TPSA) is 69.0 Å². The summed E-state index contributed by atoms with van der Waals surface area (Å²) in [7, 11) is 0. The molecule has 0 radical (unpaired) electrons. The third kappa shape index (κ3) is 5.58. The van der Waals surface area contributed by atoms with E-state index in [0.29, 0.717) is 22.5 Å². The molecule has 3 aromatic rings.